The van der Waals surface area contributed by atoms with Gasteiger partial charge in [-0.1, -0.05) is 50.6 Å². The van der Waals surface area contributed by atoms with Gasteiger partial charge in [-0.25, -0.2) is 4.79 Å². The Labute approximate surface area is 239 Å². The number of likely N-dealkylation sites (N-methyl/N-ethyl adjacent to an activating group) is 1. The van der Waals surface area contributed by atoms with Crippen LogP contribution in [0.4, 0.5) is 10.5 Å². The third kappa shape index (κ3) is 9.10. The summed E-state index contributed by atoms with van der Waals surface area (Å²) in [7, 11) is 1.58. The molecule has 3 N–H and O–H groups in total. The molecule has 212 valence electrons. The van der Waals surface area contributed by atoms with E-state index in [0.29, 0.717) is 23.8 Å². The molecule has 4 amide bonds. The van der Waals surface area contributed by atoms with Gasteiger partial charge in [0.15, 0.2) is 0 Å². The molecule has 2 atom stereocenters. The van der Waals surface area contributed by atoms with Gasteiger partial charge in [0.25, 0.3) is 5.91 Å². The molecule has 0 aliphatic rings. The lowest BCUT2D eigenvalue weighted by Crippen LogP contribution is -2.54. The third-order valence-corrected chi connectivity index (χ3v) is 7.55. The fourth-order valence-electron chi connectivity index (χ4n) is 4.00. The van der Waals surface area contributed by atoms with E-state index < -0.39 is 29.8 Å². The SMILES string of the molecule is CC(C)CC[C@H](CSc1ccc(O)cc1)C(=O)N(O)C(=O)NC(Cc1ccccc1)C(=O)N(C)c1cccnc1. The quantitative estimate of drug-likeness (QED) is 0.158. The van der Waals surface area contributed by atoms with E-state index >= 15 is 0 Å². The highest BCUT2D eigenvalue weighted by Gasteiger charge is 2.32. The van der Waals surface area contributed by atoms with Crippen LogP contribution in [0.1, 0.15) is 32.3 Å². The molecule has 1 heterocycles. The molecule has 0 aliphatic heterocycles. The van der Waals surface area contributed by atoms with Gasteiger partial charge in [-0.05, 0) is 54.3 Å². The number of anilines is 1. The highest BCUT2D eigenvalue weighted by Crippen LogP contribution is 2.26. The van der Waals surface area contributed by atoms with Gasteiger partial charge in [-0.3, -0.25) is 19.8 Å². The Morgan fingerprint density at radius 1 is 0.950 bits per heavy atom. The molecule has 1 unspecified atom stereocenters. The van der Waals surface area contributed by atoms with Gasteiger partial charge in [0.2, 0.25) is 5.91 Å². The molecular formula is C30H36N4O5S. The number of hydrogen-bond donors (Lipinski definition) is 3. The first-order valence-corrected chi connectivity index (χ1v) is 14.1. The van der Waals surface area contributed by atoms with Crippen LogP contribution in [0.2, 0.25) is 0 Å². The van der Waals surface area contributed by atoms with Gasteiger partial charge >= 0.3 is 6.03 Å². The minimum Gasteiger partial charge on any atom is -0.508 e. The Balaban J connectivity index is 1.75. The number of pyridine rings is 1. The maximum absolute atomic E-state index is 13.4. The van der Waals surface area contributed by atoms with Gasteiger partial charge in [0.1, 0.15) is 11.8 Å². The molecule has 0 saturated heterocycles. The minimum atomic E-state index is -1.07. The Bertz CT molecular complexity index is 1240. The minimum absolute atomic E-state index is 0.0950. The summed E-state index contributed by atoms with van der Waals surface area (Å²) in [5, 5.41) is 22.9. The summed E-state index contributed by atoms with van der Waals surface area (Å²) < 4.78 is 0. The number of imide groups is 1. The molecule has 0 aliphatic carbocycles. The smallest absolute Gasteiger partial charge is 0.349 e. The zero-order valence-electron chi connectivity index (χ0n) is 22.9. The van der Waals surface area contributed by atoms with Gasteiger partial charge in [0, 0.05) is 30.3 Å². The number of amides is 4. The first-order chi connectivity index (χ1) is 19.2. The van der Waals surface area contributed by atoms with Crippen LogP contribution in [-0.2, 0) is 16.0 Å². The van der Waals surface area contributed by atoms with E-state index in [2.05, 4.69) is 10.3 Å². The highest BCUT2D eigenvalue weighted by molar-refractivity contribution is 7.99. The fraction of sp³-hybridized carbons (Fsp3) is 0.333. The molecule has 0 bridgehead atoms. The summed E-state index contributed by atoms with van der Waals surface area (Å²) in [6.45, 7) is 4.08. The number of carbonyl (C=O) groups is 3. The summed E-state index contributed by atoms with van der Waals surface area (Å²) >= 11 is 1.40. The van der Waals surface area contributed by atoms with Gasteiger partial charge < -0.3 is 15.3 Å². The molecule has 0 spiro atoms. The maximum Gasteiger partial charge on any atom is 0.349 e. The zero-order chi connectivity index (χ0) is 29.1. The van der Waals surface area contributed by atoms with Crippen molar-refractivity contribution in [1.82, 2.24) is 15.4 Å². The fourth-order valence-corrected chi connectivity index (χ4v) is 5.03. The van der Waals surface area contributed by atoms with Crippen LogP contribution in [0.15, 0.2) is 84.0 Å². The largest absolute Gasteiger partial charge is 0.508 e. The lowest BCUT2D eigenvalue weighted by atomic mass is 9.98. The molecule has 9 nitrogen and oxygen atoms in total. The summed E-state index contributed by atoms with van der Waals surface area (Å²) in [6, 6.07) is 17.1. The molecule has 0 fully saturated rings. The average Bonchev–Trinajstić information content (AvgIpc) is 2.97. The predicted molar refractivity (Wildman–Crippen MR) is 155 cm³/mol. The third-order valence-electron chi connectivity index (χ3n) is 6.37. The molecule has 40 heavy (non-hydrogen) atoms. The van der Waals surface area contributed by atoms with E-state index in [1.54, 1.807) is 49.6 Å². The summed E-state index contributed by atoms with van der Waals surface area (Å²) in [4.78, 5) is 46.1. The molecule has 2 aromatic carbocycles. The number of benzene rings is 2. The van der Waals surface area contributed by atoms with Crippen LogP contribution in [0.5, 0.6) is 5.75 Å². The van der Waals surface area contributed by atoms with Crippen molar-refractivity contribution in [2.24, 2.45) is 11.8 Å². The number of phenolic OH excluding ortho intramolecular Hbond substituents is 1. The number of nitrogens with one attached hydrogen (secondary N) is 1. The van der Waals surface area contributed by atoms with Crippen molar-refractivity contribution in [2.45, 2.75) is 44.0 Å². The number of urea groups is 1. The zero-order valence-corrected chi connectivity index (χ0v) is 23.8. The Kier molecular flexibility index (Phi) is 11.5. The van der Waals surface area contributed by atoms with Gasteiger partial charge in [0.05, 0.1) is 17.8 Å². The first kappa shape index (κ1) is 30.6. The van der Waals surface area contributed by atoms with Crippen LogP contribution in [0, 0.1) is 11.8 Å². The summed E-state index contributed by atoms with van der Waals surface area (Å²) in [6.07, 6.45) is 4.49. The van der Waals surface area contributed by atoms with Crippen molar-refractivity contribution in [1.29, 1.82) is 0 Å². The number of phenols is 1. The molecule has 10 heteroatoms. The standard InChI is InChI=1S/C30H36N4O5S/c1-21(2)11-12-23(20-40-26-15-13-25(35)14-16-26)28(36)34(39)30(38)32-27(18-22-8-5-4-6-9-22)29(37)33(3)24-10-7-17-31-19-24/h4-10,13-17,19,21,23,27,35,39H,11-12,18,20H2,1-3H3,(H,32,38)/t23-,27?/m1/s1. The van der Waals surface area contributed by atoms with Crippen molar-refractivity contribution in [2.75, 3.05) is 17.7 Å². The van der Waals surface area contributed by atoms with Crippen molar-refractivity contribution < 1.29 is 24.7 Å². The monoisotopic (exact) mass is 564 g/mol. The summed E-state index contributed by atoms with van der Waals surface area (Å²) in [5.41, 5.74) is 1.34. The first-order valence-electron chi connectivity index (χ1n) is 13.1. The van der Waals surface area contributed by atoms with E-state index in [1.807, 2.05) is 44.2 Å². The molecule has 3 aromatic rings. The molecule has 0 saturated carbocycles. The topological polar surface area (TPSA) is 123 Å². The Hall–Kier alpha value is -3.89. The van der Waals surface area contributed by atoms with E-state index in [-0.39, 0.29) is 17.2 Å². The number of rotatable bonds is 12. The summed E-state index contributed by atoms with van der Waals surface area (Å²) in [5.74, 6) is -1.01. The van der Waals surface area contributed by atoms with Gasteiger partial charge in [-0.15, -0.1) is 16.8 Å². The van der Waals surface area contributed by atoms with Crippen molar-refractivity contribution in [3.63, 3.8) is 0 Å². The van der Waals surface area contributed by atoms with E-state index in [1.165, 1.54) is 22.9 Å². The van der Waals surface area contributed by atoms with E-state index in [0.717, 1.165) is 16.9 Å². The van der Waals surface area contributed by atoms with Crippen LogP contribution >= 0.6 is 11.8 Å². The molecule has 1 aromatic heterocycles. The normalized spacial score (nSPS) is 12.4. The number of hydrogen-bond acceptors (Lipinski definition) is 7. The van der Waals surface area contributed by atoms with E-state index in [4.69, 9.17) is 0 Å². The lowest BCUT2D eigenvalue weighted by Gasteiger charge is -2.27. The van der Waals surface area contributed by atoms with Crippen LogP contribution < -0.4 is 10.2 Å². The second-order valence-electron chi connectivity index (χ2n) is 9.92. The van der Waals surface area contributed by atoms with Crippen molar-refractivity contribution >= 4 is 35.3 Å². The van der Waals surface area contributed by atoms with Crippen LogP contribution in [0.25, 0.3) is 0 Å². The molecule has 3 rings (SSSR count). The Morgan fingerprint density at radius 2 is 1.65 bits per heavy atom. The molecule has 0 radical (unpaired) electrons. The number of aromatic nitrogens is 1. The highest BCUT2D eigenvalue weighted by atomic mass is 32.2. The predicted octanol–water partition coefficient (Wildman–Crippen LogP) is 5.13. The maximum atomic E-state index is 13.4. The van der Waals surface area contributed by atoms with Crippen molar-refractivity contribution in [3.05, 3.63) is 84.7 Å². The second kappa shape index (κ2) is 15.0. The number of aromatic hydroxyl groups is 1. The number of thioether (sulfide) groups is 1. The number of nitrogens with zero attached hydrogens (tertiary/aromatic N) is 3. The Morgan fingerprint density at radius 3 is 2.27 bits per heavy atom. The van der Waals surface area contributed by atoms with Crippen molar-refractivity contribution in [3.8, 4) is 5.75 Å². The van der Waals surface area contributed by atoms with E-state index in [9.17, 15) is 24.7 Å². The van der Waals surface area contributed by atoms with Crippen LogP contribution in [-0.4, -0.2) is 57.0 Å². The number of carbonyl (C=O) groups excluding carboxylic acids is 3. The second-order valence-corrected chi connectivity index (χ2v) is 11.0. The average molecular weight is 565 g/mol. The van der Waals surface area contributed by atoms with Gasteiger partial charge in [-0.2, -0.15) is 0 Å². The van der Waals surface area contributed by atoms with Crippen LogP contribution in [0.3, 0.4) is 0 Å². The molecular weight excluding hydrogens is 528 g/mol. The lowest BCUT2D eigenvalue weighted by molar-refractivity contribution is -0.157. The number of hydroxylamine groups is 2.